The van der Waals surface area contributed by atoms with E-state index < -0.39 is 17.7 Å². The predicted octanol–water partition coefficient (Wildman–Crippen LogP) is 4.62. The van der Waals surface area contributed by atoms with Crippen molar-refractivity contribution < 1.29 is 23.5 Å². The topological polar surface area (TPSA) is 76.4 Å². The van der Waals surface area contributed by atoms with E-state index in [1.54, 1.807) is 17.0 Å². The molecule has 4 rings (SSSR count). The normalized spacial score (nSPS) is 14.2. The lowest BCUT2D eigenvalue weighted by Gasteiger charge is -2.38. The number of piperazine rings is 1. The Morgan fingerprint density at radius 2 is 1.72 bits per heavy atom. The second kappa shape index (κ2) is 9.81. The van der Waals surface area contributed by atoms with Crippen LogP contribution < -0.4 is 0 Å². The fourth-order valence-electron chi connectivity index (χ4n) is 4.04. The van der Waals surface area contributed by atoms with Gasteiger partial charge in [-0.2, -0.15) is 5.10 Å². The Balaban J connectivity index is 1.56. The summed E-state index contributed by atoms with van der Waals surface area (Å²) in [7, 11) is 1.27. The monoisotopic (exact) mass is 514 g/mol. The molecule has 1 aliphatic heterocycles. The van der Waals surface area contributed by atoms with Crippen molar-refractivity contribution in [2.75, 3.05) is 33.3 Å². The Kier molecular flexibility index (Phi) is 6.95. The van der Waals surface area contributed by atoms with E-state index in [2.05, 4.69) is 11.7 Å². The molecule has 3 heterocycles. The number of benzene rings is 1. The lowest BCUT2D eigenvalue weighted by molar-refractivity contribution is -0.00873. The molecular weight excluding hydrogens is 487 g/mol. The molecule has 0 aliphatic carbocycles. The first-order valence-corrected chi connectivity index (χ1v) is 11.8. The molecule has 2 aromatic heterocycles. The number of halogens is 2. The van der Waals surface area contributed by atoms with E-state index in [9.17, 15) is 14.0 Å². The van der Waals surface area contributed by atoms with Gasteiger partial charge in [-0.1, -0.05) is 11.6 Å². The molecular formula is C26H28ClFN4O4. The van der Waals surface area contributed by atoms with Crippen molar-refractivity contribution in [2.24, 2.45) is 0 Å². The summed E-state index contributed by atoms with van der Waals surface area (Å²) in [4.78, 5) is 28.9. The van der Waals surface area contributed by atoms with Gasteiger partial charge in [0.1, 0.15) is 11.4 Å². The number of aromatic nitrogens is 2. The molecule has 1 fully saturated rings. The van der Waals surface area contributed by atoms with E-state index in [0.29, 0.717) is 53.9 Å². The van der Waals surface area contributed by atoms with Crippen LogP contribution in [0.3, 0.4) is 0 Å². The predicted molar refractivity (Wildman–Crippen MR) is 134 cm³/mol. The Bertz CT molecular complexity index is 1340. The number of amides is 1. The van der Waals surface area contributed by atoms with Crippen molar-refractivity contribution in [1.82, 2.24) is 19.4 Å². The quantitative estimate of drug-likeness (QED) is 0.365. The summed E-state index contributed by atoms with van der Waals surface area (Å²) in [5.41, 5.74) is 1.23. The molecule has 1 saturated heterocycles. The van der Waals surface area contributed by atoms with Crippen LogP contribution in [-0.2, 0) is 9.47 Å². The SMILES string of the molecule is C=C(OC(C)(C)C)N1CCN(C(=O)c2cc(-c3ccc4c(Cl)cc(C(=O)OC)n4n3)ccc2F)CC1. The molecule has 1 aliphatic rings. The van der Waals surface area contributed by atoms with E-state index in [1.165, 1.54) is 35.9 Å². The highest BCUT2D eigenvalue weighted by atomic mass is 35.5. The number of fused-ring (bicyclic) bond motifs is 1. The minimum atomic E-state index is -0.619. The van der Waals surface area contributed by atoms with Gasteiger partial charge in [0.2, 0.25) is 0 Å². The highest BCUT2D eigenvalue weighted by Crippen LogP contribution is 2.27. The maximum Gasteiger partial charge on any atom is 0.356 e. The first-order chi connectivity index (χ1) is 17.0. The summed E-state index contributed by atoms with van der Waals surface area (Å²) in [6, 6.07) is 9.13. The van der Waals surface area contributed by atoms with E-state index in [0.717, 1.165) is 0 Å². The molecule has 1 amide bonds. The van der Waals surface area contributed by atoms with Gasteiger partial charge >= 0.3 is 5.97 Å². The minimum absolute atomic E-state index is 0.0497. The van der Waals surface area contributed by atoms with Crippen LogP contribution in [-0.4, -0.2) is 70.2 Å². The van der Waals surface area contributed by atoms with E-state index >= 15 is 0 Å². The first-order valence-electron chi connectivity index (χ1n) is 11.5. The molecule has 190 valence electrons. The zero-order valence-corrected chi connectivity index (χ0v) is 21.4. The number of carbonyl (C=O) groups is 2. The summed E-state index contributed by atoms with van der Waals surface area (Å²) < 4.78 is 26.8. The van der Waals surface area contributed by atoms with Crippen molar-refractivity contribution in [2.45, 2.75) is 26.4 Å². The van der Waals surface area contributed by atoms with Gasteiger partial charge < -0.3 is 19.3 Å². The summed E-state index contributed by atoms with van der Waals surface area (Å²) in [6.45, 7) is 11.7. The largest absolute Gasteiger partial charge is 0.474 e. The zero-order chi connectivity index (χ0) is 26.2. The zero-order valence-electron chi connectivity index (χ0n) is 20.7. The maximum atomic E-state index is 14.8. The summed E-state index contributed by atoms with van der Waals surface area (Å²) >= 11 is 6.23. The number of ether oxygens (including phenoxy) is 2. The highest BCUT2D eigenvalue weighted by Gasteiger charge is 2.27. The molecule has 0 N–H and O–H groups in total. The third kappa shape index (κ3) is 5.16. The molecule has 3 aromatic rings. The number of nitrogens with zero attached hydrogens (tertiary/aromatic N) is 4. The highest BCUT2D eigenvalue weighted by molar-refractivity contribution is 6.34. The number of carbonyl (C=O) groups excluding carboxylic acids is 2. The van der Waals surface area contributed by atoms with Crippen molar-refractivity contribution in [3.63, 3.8) is 0 Å². The van der Waals surface area contributed by atoms with Crippen LogP contribution in [0.2, 0.25) is 5.02 Å². The van der Waals surface area contributed by atoms with E-state index in [1.807, 2.05) is 25.7 Å². The molecule has 0 unspecified atom stereocenters. The van der Waals surface area contributed by atoms with Crippen LogP contribution in [0.1, 0.15) is 41.6 Å². The molecule has 0 spiro atoms. The molecule has 0 atom stereocenters. The smallest absolute Gasteiger partial charge is 0.356 e. The lowest BCUT2D eigenvalue weighted by Crippen LogP contribution is -2.49. The van der Waals surface area contributed by atoms with Crippen molar-refractivity contribution in [3.8, 4) is 11.3 Å². The molecule has 10 heteroatoms. The number of rotatable bonds is 5. The van der Waals surface area contributed by atoms with Crippen LogP contribution in [0.5, 0.6) is 0 Å². The summed E-state index contributed by atoms with van der Waals surface area (Å²) in [6.07, 6.45) is 0. The van der Waals surface area contributed by atoms with Gasteiger partial charge in [-0.3, -0.25) is 4.79 Å². The first kappa shape index (κ1) is 25.5. The maximum absolute atomic E-state index is 14.8. The van der Waals surface area contributed by atoms with Crippen LogP contribution in [0.25, 0.3) is 16.8 Å². The summed E-state index contributed by atoms with van der Waals surface area (Å²) in [5.74, 6) is -1.06. The van der Waals surface area contributed by atoms with Crippen molar-refractivity contribution >= 4 is 29.0 Å². The second-order valence-electron chi connectivity index (χ2n) is 9.47. The molecule has 8 nitrogen and oxygen atoms in total. The van der Waals surface area contributed by atoms with Gasteiger partial charge in [0.25, 0.3) is 5.91 Å². The third-order valence-electron chi connectivity index (χ3n) is 5.80. The van der Waals surface area contributed by atoms with Crippen LogP contribution in [0, 0.1) is 5.82 Å². The molecule has 0 radical (unpaired) electrons. The lowest BCUT2D eigenvalue weighted by atomic mass is 10.1. The van der Waals surface area contributed by atoms with E-state index in [-0.39, 0.29) is 16.9 Å². The molecule has 1 aromatic carbocycles. The number of esters is 1. The standard InChI is InChI=1S/C26H28ClFN4O4/c1-16(36-26(2,3)4)30-10-12-31(13-11-30)24(33)18-14-17(6-7-20(18)28)21-8-9-22-19(27)15-23(25(34)35-5)32(22)29-21/h6-9,14-15H,1,10-13H2,2-5H3. The third-order valence-corrected chi connectivity index (χ3v) is 6.10. The average Bonchev–Trinajstić information content (AvgIpc) is 3.18. The molecule has 0 bridgehead atoms. The minimum Gasteiger partial charge on any atom is -0.474 e. The van der Waals surface area contributed by atoms with Crippen LogP contribution >= 0.6 is 11.6 Å². The Morgan fingerprint density at radius 1 is 1.06 bits per heavy atom. The van der Waals surface area contributed by atoms with Gasteiger partial charge in [-0.15, -0.1) is 0 Å². The second-order valence-corrected chi connectivity index (χ2v) is 9.87. The van der Waals surface area contributed by atoms with Crippen molar-refractivity contribution in [3.05, 3.63) is 71.0 Å². The van der Waals surface area contributed by atoms with Gasteiger partial charge in [0, 0.05) is 31.7 Å². The van der Waals surface area contributed by atoms with Crippen LogP contribution in [0.15, 0.2) is 48.9 Å². The Morgan fingerprint density at radius 3 is 2.36 bits per heavy atom. The van der Waals surface area contributed by atoms with Gasteiger partial charge in [-0.05, 0) is 63.7 Å². The Hall–Kier alpha value is -3.59. The number of methoxy groups -OCH3 is 1. The Labute approximate surface area is 213 Å². The summed E-state index contributed by atoms with van der Waals surface area (Å²) in [5, 5.41) is 4.84. The molecule has 36 heavy (non-hydrogen) atoms. The average molecular weight is 515 g/mol. The fraction of sp³-hybridized carbons (Fsp3) is 0.346. The fourth-order valence-corrected chi connectivity index (χ4v) is 4.29. The van der Waals surface area contributed by atoms with Gasteiger partial charge in [-0.25, -0.2) is 13.7 Å². The van der Waals surface area contributed by atoms with Crippen molar-refractivity contribution in [1.29, 1.82) is 0 Å². The van der Waals surface area contributed by atoms with Gasteiger partial charge in [0.05, 0.1) is 28.9 Å². The number of hydrogen-bond donors (Lipinski definition) is 0. The van der Waals surface area contributed by atoms with E-state index in [4.69, 9.17) is 21.1 Å². The van der Waals surface area contributed by atoms with Crippen LogP contribution in [0.4, 0.5) is 4.39 Å². The van der Waals surface area contributed by atoms with Gasteiger partial charge in [0.15, 0.2) is 11.6 Å². The number of hydrogen-bond acceptors (Lipinski definition) is 6. The molecule has 0 saturated carbocycles.